The number of rotatable bonds is 7. The van der Waals surface area contributed by atoms with Crippen molar-refractivity contribution < 1.29 is 13.8 Å². The number of nitrogens with one attached hydrogen (secondary N) is 2. The van der Waals surface area contributed by atoms with Gasteiger partial charge < -0.3 is 20.3 Å². The first-order chi connectivity index (χ1) is 19.7. The van der Waals surface area contributed by atoms with Crippen LogP contribution in [0.4, 0.5) is 17.2 Å². The van der Waals surface area contributed by atoms with E-state index in [1.165, 1.54) is 0 Å². The van der Waals surface area contributed by atoms with Crippen LogP contribution in [0.15, 0.2) is 78.0 Å². The molecule has 41 heavy (non-hydrogen) atoms. The Bertz CT molecular complexity index is 1540. The molecule has 1 atom stereocenters. The molecule has 1 saturated heterocycles. The van der Waals surface area contributed by atoms with E-state index in [1.807, 2.05) is 61.8 Å². The highest BCUT2D eigenvalue weighted by atomic mass is 32.3. The molecule has 4 aromatic rings. The van der Waals surface area contributed by atoms with E-state index < -0.39 is 15.3 Å². The van der Waals surface area contributed by atoms with Crippen molar-refractivity contribution >= 4 is 45.1 Å². The number of anilines is 3. The van der Waals surface area contributed by atoms with E-state index in [-0.39, 0.29) is 6.04 Å². The molecule has 0 spiro atoms. The minimum atomic E-state index is -3.16. The number of thiocarbonyl (C=S) groups is 1. The first-order valence-electron chi connectivity index (χ1n) is 13.5. The average molecular weight is 592 g/mol. The van der Waals surface area contributed by atoms with Crippen molar-refractivity contribution in [3.05, 3.63) is 78.8 Å². The lowest BCUT2D eigenvalue weighted by Gasteiger charge is -2.41. The second-order valence-corrected chi connectivity index (χ2v) is 13.2. The van der Waals surface area contributed by atoms with Crippen molar-refractivity contribution in [3.8, 4) is 11.4 Å². The number of benzene rings is 2. The fourth-order valence-corrected chi connectivity index (χ4v) is 7.42. The van der Waals surface area contributed by atoms with Gasteiger partial charge in [0.2, 0.25) is 0 Å². The Morgan fingerprint density at radius 3 is 2.44 bits per heavy atom. The Kier molecular flexibility index (Phi) is 7.43. The summed E-state index contributed by atoms with van der Waals surface area (Å²) in [6.07, 6.45) is 4.83. The molecule has 2 aliphatic rings. The van der Waals surface area contributed by atoms with Crippen LogP contribution in [0, 0.1) is 0 Å². The summed E-state index contributed by atoms with van der Waals surface area (Å²) in [5, 5.41) is 10.9. The van der Waals surface area contributed by atoms with Crippen LogP contribution in [0.2, 0.25) is 0 Å². The molecule has 214 valence electrons. The Labute approximate surface area is 246 Å². The van der Waals surface area contributed by atoms with Crippen molar-refractivity contribution in [2.75, 3.05) is 35.3 Å². The molecule has 0 amide bonds. The summed E-state index contributed by atoms with van der Waals surface area (Å²) >= 11 is 5.45. The lowest BCUT2D eigenvalue weighted by atomic mass is 10.1. The highest BCUT2D eigenvalue weighted by Crippen LogP contribution is 2.75. The van der Waals surface area contributed by atoms with Gasteiger partial charge in [-0.3, -0.25) is 13.8 Å². The normalized spacial score (nSPS) is 18.5. The van der Waals surface area contributed by atoms with Gasteiger partial charge in [-0.05, 0) is 68.4 Å². The summed E-state index contributed by atoms with van der Waals surface area (Å²) in [6.45, 7) is 4.01. The molecule has 3 heterocycles. The monoisotopic (exact) mass is 591 g/mol. The standard InChI is InChI=1S/C29H33N7O3S2/c1-20-19-39-15-14-36(20)26-16-25(29(12-13-29)41(37,38)24-6-4-3-5-7-24)33-27(34-26)21-8-10-22(11-9-21)31-28(40)32-23-17-30-35(2)18-23/h3-11,16-18,20,37-38H,12-15,19H2,1-2H3,(H2,31,32,40)/t20-/m0/s1. The fourth-order valence-electron chi connectivity index (χ4n) is 5.13. The van der Waals surface area contributed by atoms with E-state index in [1.54, 1.807) is 23.0 Å². The molecule has 0 radical (unpaired) electrons. The number of nitrogens with zero attached hydrogens (tertiary/aromatic N) is 5. The Balaban J connectivity index is 1.32. The van der Waals surface area contributed by atoms with Gasteiger partial charge in [-0.2, -0.15) is 15.7 Å². The average Bonchev–Trinajstić information content (AvgIpc) is 3.71. The Morgan fingerprint density at radius 1 is 1.05 bits per heavy atom. The van der Waals surface area contributed by atoms with E-state index in [9.17, 15) is 9.11 Å². The van der Waals surface area contributed by atoms with Crippen LogP contribution in [0.5, 0.6) is 0 Å². The number of hydrogen-bond acceptors (Lipinski definition) is 8. The van der Waals surface area contributed by atoms with Gasteiger partial charge in [-0.25, -0.2) is 9.97 Å². The predicted octanol–water partition coefficient (Wildman–Crippen LogP) is 5.71. The van der Waals surface area contributed by atoms with Gasteiger partial charge in [0, 0.05) is 37.1 Å². The molecule has 2 aromatic heterocycles. The van der Waals surface area contributed by atoms with Gasteiger partial charge in [0.25, 0.3) is 0 Å². The van der Waals surface area contributed by atoms with Gasteiger partial charge in [0.1, 0.15) is 10.6 Å². The van der Waals surface area contributed by atoms with Gasteiger partial charge in [-0.15, -0.1) is 0 Å². The molecule has 1 aliphatic carbocycles. The van der Waals surface area contributed by atoms with E-state index in [0.29, 0.717) is 54.1 Å². The van der Waals surface area contributed by atoms with Gasteiger partial charge in [0.15, 0.2) is 10.9 Å². The van der Waals surface area contributed by atoms with Crippen LogP contribution >= 0.6 is 22.8 Å². The summed E-state index contributed by atoms with van der Waals surface area (Å²) in [6, 6.07) is 18.9. The quantitative estimate of drug-likeness (QED) is 0.199. The predicted molar refractivity (Wildman–Crippen MR) is 167 cm³/mol. The lowest BCUT2D eigenvalue weighted by Crippen LogP contribution is -2.44. The first kappa shape index (κ1) is 27.6. The highest BCUT2D eigenvalue weighted by molar-refractivity contribution is 8.25. The van der Waals surface area contributed by atoms with Crippen LogP contribution in [-0.4, -0.2) is 59.8 Å². The maximum atomic E-state index is 11.6. The van der Waals surface area contributed by atoms with Crippen LogP contribution in [0.25, 0.3) is 11.4 Å². The fraction of sp³-hybridized carbons (Fsp3) is 0.310. The second kappa shape index (κ2) is 11.0. The van der Waals surface area contributed by atoms with Crippen molar-refractivity contribution in [2.24, 2.45) is 7.05 Å². The second-order valence-electron chi connectivity index (χ2n) is 10.5. The minimum absolute atomic E-state index is 0.129. The minimum Gasteiger partial charge on any atom is -0.377 e. The number of aromatic nitrogens is 4. The third kappa shape index (κ3) is 5.53. The topological polar surface area (TPSA) is 121 Å². The Morgan fingerprint density at radius 2 is 1.78 bits per heavy atom. The van der Waals surface area contributed by atoms with Crippen LogP contribution in [0.3, 0.4) is 0 Å². The molecule has 0 bridgehead atoms. The molecule has 1 aliphatic heterocycles. The molecule has 1 saturated carbocycles. The van der Waals surface area contributed by atoms with Gasteiger partial charge >= 0.3 is 0 Å². The summed E-state index contributed by atoms with van der Waals surface area (Å²) < 4.78 is 29.7. The third-order valence-corrected chi connectivity index (χ3v) is 10.4. The molecule has 6 rings (SSSR count). The van der Waals surface area contributed by atoms with Crippen molar-refractivity contribution in [1.29, 1.82) is 0 Å². The van der Waals surface area contributed by atoms with Crippen LogP contribution in [-0.2, 0) is 16.5 Å². The van der Waals surface area contributed by atoms with Gasteiger partial charge in [-0.1, -0.05) is 18.2 Å². The molecular formula is C29H33N7O3S2. The molecule has 4 N–H and O–H groups in total. The molecule has 0 unspecified atom stereocenters. The number of hydrogen-bond donors (Lipinski definition) is 4. The summed E-state index contributed by atoms with van der Waals surface area (Å²) in [7, 11) is -1.31. The lowest BCUT2D eigenvalue weighted by molar-refractivity contribution is 0.0985. The third-order valence-electron chi connectivity index (χ3n) is 7.53. The van der Waals surface area contributed by atoms with Crippen LogP contribution < -0.4 is 15.5 Å². The number of morpholine rings is 1. The largest absolute Gasteiger partial charge is 0.377 e. The highest BCUT2D eigenvalue weighted by Gasteiger charge is 2.57. The molecule has 2 aromatic carbocycles. The van der Waals surface area contributed by atoms with Gasteiger partial charge in [0.05, 0.1) is 41.7 Å². The first-order valence-corrected chi connectivity index (χ1v) is 15.4. The molecule has 12 heteroatoms. The summed E-state index contributed by atoms with van der Waals surface area (Å²) in [4.78, 5) is 12.7. The zero-order chi connectivity index (χ0) is 28.6. The maximum absolute atomic E-state index is 11.6. The number of aryl methyl sites for hydroxylation is 1. The smallest absolute Gasteiger partial charge is 0.175 e. The summed E-state index contributed by atoms with van der Waals surface area (Å²) in [5.74, 6) is 1.30. The van der Waals surface area contributed by atoms with E-state index in [4.69, 9.17) is 26.9 Å². The molecule has 10 nitrogen and oxygen atoms in total. The Hall–Kier alpha value is -3.55. The van der Waals surface area contributed by atoms with Crippen LogP contribution in [0.1, 0.15) is 25.5 Å². The maximum Gasteiger partial charge on any atom is 0.175 e. The zero-order valence-corrected chi connectivity index (χ0v) is 24.5. The number of ether oxygens (including phenoxy) is 1. The van der Waals surface area contributed by atoms with E-state index in [0.717, 1.165) is 22.8 Å². The van der Waals surface area contributed by atoms with Crippen molar-refractivity contribution in [2.45, 2.75) is 35.4 Å². The molecular weight excluding hydrogens is 558 g/mol. The van der Waals surface area contributed by atoms with E-state index >= 15 is 0 Å². The molecule has 2 fully saturated rings. The summed E-state index contributed by atoms with van der Waals surface area (Å²) in [5.41, 5.74) is 3.08. The van der Waals surface area contributed by atoms with Crippen molar-refractivity contribution in [3.63, 3.8) is 0 Å². The SMILES string of the molecule is C[C@H]1COCCN1c1cc(C2(S(O)(O)c3ccccc3)CC2)nc(-c2ccc(NC(=S)Nc3cnn(C)c3)cc2)n1. The zero-order valence-electron chi connectivity index (χ0n) is 22.9. The van der Waals surface area contributed by atoms with Crippen molar-refractivity contribution in [1.82, 2.24) is 19.7 Å². The van der Waals surface area contributed by atoms with E-state index in [2.05, 4.69) is 27.6 Å².